The molecule has 7 heteroatoms. The lowest BCUT2D eigenvalue weighted by Gasteiger charge is -2.21. The predicted molar refractivity (Wildman–Crippen MR) is 108 cm³/mol. The highest BCUT2D eigenvalue weighted by Gasteiger charge is 2.23. The second-order valence-corrected chi connectivity index (χ2v) is 8.37. The highest BCUT2D eigenvalue weighted by molar-refractivity contribution is 7.89. The molecule has 0 saturated heterocycles. The van der Waals surface area contributed by atoms with E-state index in [0.717, 1.165) is 12.0 Å². The Balaban J connectivity index is 2.19. The van der Waals surface area contributed by atoms with E-state index in [4.69, 9.17) is 11.6 Å². The van der Waals surface area contributed by atoms with Crippen LogP contribution in [0.25, 0.3) is 0 Å². The minimum absolute atomic E-state index is 0.139. The largest absolute Gasteiger partial charge is 0.352 e. The van der Waals surface area contributed by atoms with Gasteiger partial charge in [0.25, 0.3) is 5.91 Å². The lowest BCUT2D eigenvalue weighted by Crippen LogP contribution is -2.31. The van der Waals surface area contributed by atoms with Crippen molar-refractivity contribution in [1.82, 2.24) is 9.62 Å². The maximum Gasteiger partial charge on any atom is 0.251 e. The smallest absolute Gasteiger partial charge is 0.251 e. The predicted octanol–water partition coefficient (Wildman–Crippen LogP) is 3.86. The molecule has 0 fully saturated rings. The first-order valence-electron chi connectivity index (χ1n) is 8.62. The third-order valence-electron chi connectivity index (χ3n) is 3.89. The molecule has 1 N–H and O–H groups in total. The van der Waals surface area contributed by atoms with Crippen LogP contribution in [-0.4, -0.2) is 31.7 Å². The van der Waals surface area contributed by atoms with Gasteiger partial charge in [-0.05, 0) is 48.4 Å². The fourth-order valence-corrected chi connectivity index (χ4v) is 3.98. The van der Waals surface area contributed by atoms with Crippen LogP contribution in [0, 0.1) is 0 Å². The SMILES string of the molecule is C=CCN(Cc1ccc(C(=O)NCCC)cc1)S(=O)(=O)c1ccc(Cl)cc1. The molecular formula is C20H23ClN2O3S. The summed E-state index contributed by atoms with van der Waals surface area (Å²) in [5.41, 5.74) is 1.32. The highest BCUT2D eigenvalue weighted by atomic mass is 35.5. The van der Waals surface area contributed by atoms with Crippen molar-refractivity contribution in [1.29, 1.82) is 0 Å². The number of rotatable bonds is 9. The molecule has 0 radical (unpaired) electrons. The molecule has 144 valence electrons. The normalized spacial score (nSPS) is 11.4. The summed E-state index contributed by atoms with van der Waals surface area (Å²) in [6.45, 7) is 6.60. The van der Waals surface area contributed by atoms with Crippen molar-refractivity contribution >= 4 is 27.5 Å². The summed E-state index contributed by atoms with van der Waals surface area (Å²) in [5, 5.41) is 3.28. The Labute approximate surface area is 165 Å². The number of carbonyl (C=O) groups excluding carboxylic acids is 1. The van der Waals surface area contributed by atoms with E-state index >= 15 is 0 Å². The van der Waals surface area contributed by atoms with Crippen molar-refractivity contribution in [3.05, 3.63) is 77.3 Å². The number of carbonyl (C=O) groups is 1. The van der Waals surface area contributed by atoms with E-state index in [1.54, 1.807) is 42.5 Å². The number of nitrogens with zero attached hydrogens (tertiary/aromatic N) is 1. The van der Waals surface area contributed by atoms with Gasteiger partial charge in [0, 0.05) is 30.2 Å². The number of benzene rings is 2. The Kier molecular flexibility index (Phi) is 7.59. The third-order valence-corrected chi connectivity index (χ3v) is 5.97. The van der Waals surface area contributed by atoms with Crippen molar-refractivity contribution in [3.8, 4) is 0 Å². The van der Waals surface area contributed by atoms with Crippen LogP contribution in [0.3, 0.4) is 0 Å². The zero-order chi connectivity index (χ0) is 19.9. The molecule has 0 aliphatic carbocycles. The van der Waals surface area contributed by atoms with E-state index in [2.05, 4.69) is 11.9 Å². The van der Waals surface area contributed by atoms with Gasteiger partial charge in [-0.15, -0.1) is 6.58 Å². The first kappa shape index (κ1) is 21.2. The van der Waals surface area contributed by atoms with Gasteiger partial charge < -0.3 is 5.32 Å². The fraction of sp³-hybridized carbons (Fsp3) is 0.250. The van der Waals surface area contributed by atoms with Crippen LogP contribution < -0.4 is 5.32 Å². The molecule has 0 atom stereocenters. The first-order valence-corrected chi connectivity index (χ1v) is 10.4. The number of amides is 1. The van der Waals surface area contributed by atoms with Gasteiger partial charge in [0.15, 0.2) is 0 Å². The number of halogens is 1. The van der Waals surface area contributed by atoms with Crippen LogP contribution in [0.2, 0.25) is 5.02 Å². The van der Waals surface area contributed by atoms with Gasteiger partial charge in [0.1, 0.15) is 0 Å². The Hall–Kier alpha value is -2.15. The van der Waals surface area contributed by atoms with Gasteiger partial charge >= 0.3 is 0 Å². The molecule has 2 rings (SSSR count). The maximum absolute atomic E-state index is 12.9. The monoisotopic (exact) mass is 406 g/mol. The van der Waals surface area contributed by atoms with Crippen LogP contribution in [0.1, 0.15) is 29.3 Å². The van der Waals surface area contributed by atoms with E-state index < -0.39 is 10.0 Å². The minimum atomic E-state index is -3.69. The molecule has 0 heterocycles. The molecule has 2 aromatic carbocycles. The summed E-state index contributed by atoms with van der Waals surface area (Å²) in [4.78, 5) is 12.1. The first-order chi connectivity index (χ1) is 12.9. The molecule has 0 aliphatic rings. The van der Waals surface area contributed by atoms with E-state index in [9.17, 15) is 13.2 Å². The van der Waals surface area contributed by atoms with Crippen molar-refractivity contribution < 1.29 is 13.2 Å². The van der Waals surface area contributed by atoms with Gasteiger partial charge in [-0.25, -0.2) is 8.42 Å². The molecule has 0 aliphatic heterocycles. The Morgan fingerprint density at radius 3 is 2.33 bits per heavy atom. The van der Waals surface area contributed by atoms with Crippen LogP contribution in [0.4, 0.5) is 0 Å². The Morgan fingerprint density at radius 2 is 1.78 bits per heavy atom. The molecule has 27 heavy (non-hydrogen) atoms. The molecular weight excluding hydrogens is 384 g/mol. The van der Waals surface area contributed by atoms with Crippen LogP contribution >= 0.6 is 11.6 Å². The van der Waals surface area contributed by atoms with Gasteiger partial charge in [0.05, 0.1) is 4.90 Å². The zero-order valence-corrected chi connectivity index (χ0v) is 16.8. The number of hydrogen-bond acceptors (Lipinski definition) is 3. The average Bonchev–Trinajstić information content (AvgIpc) is 2.66. The summed E-state index contributed by atoms with van der Waals surface area (Å²) in [7, 11) is -3.69. The lowest BCUT2D eigenvalue weighted by atomic mass is 10.1. The molecule has 5 nitrogen and oxygen atoms in total. The van der Waals surface area contributed by atoms with Gasteiger partial charge in [-0.2, -0.15) is 4.31 Å². The lowest BCUT2D eigenvalue weighted by molar-refractivity contribution is 0.0953. The van der Waals surface area contributed by atoms with Crippen LogP contribution in [0.15, 0.2) is 66.1 Å². The molecule has 0 spiro atoms. The highest BCUT2D eigenvalue weighted by Crippen LogP contribution is 2.20. The summed E-state index contributed by atoms with van der Waals surface area (Å²) >= 11 is 5.85. The maximum atomic E-state index is 12.9. The molecule has 2 aromatic rings. The summed E-state index contributed by atoms with van der Waals surface area (Å²) in [5.74, 6) is -0.139. The standard InChI is InChI=1S/C20H23ClN2O3S/c1-3-13-22-20(24)17-7-5-16(6-8-17)15-23(14-4-2)27(25,26)19-11-9-18(21)10-12-19/h4-12H,2-3,13-15H2,1H3,(H,22,24). The van der Waals surface area contributed by atoms with Crippen LogP contribution in [0.5, 0.6) is 0 Å². The van der Waals surface area contributed by atoms with Crippen molar-refractivity contribution in [2.24, 2.45) is 0 Å². The fourth-order valence-electron chi connectivity index (χ4n) is 2.45. The topological polar surface area (TPSA) is 66.5 Å². The van der Waals surface area contributed by atoms with Gasteiger partial charge in [-0.3, -0.25) is 4.79 Å². The Morgan fingerprint density at radius 1 is 1.15 bits per heavy atom. The number of nitrogens with one attached hydrogen (secondary N) is 1. The zero-order valence-electron chi connectivity index (χ0n) is 15.2. The van der Waals surface area contributed by atoms with Crippen molar-refractivity contribution in [3.63, 3.8) is 0 Å². The minimum Gasteiger partial charge on any atom is -0.352 e. The van der Waals surface area contributed by atoms with E-state index in [1.807, 2.05) is 6.92 Å². The van der Waals surface area contributed by atoms with Gasteiger partial charge in [0.2, 0.25) is 10.0 Å². The second kappa shape index (κ2) is 9.69. The molecule has 0 bridgehead atoms. The third kappa shape index (κ3) is 5.66. The number of sulfonamides is 1. The average molecular weight is 407 g/mol. The number of hydrogen-bond donors (Lipinski definition) is 1. The Bertz CT molecular complexity index is 878. The quantitative estimate of drug-likeness (QED) is 0.643. The molecule has 0 unspecified atom stereocenters. The van der Waals surface area contributed by atoms with E-state index in [-0.39, 0.29) is 23.9 Å². The van der Waals surface area contributed by atoms with E-state index in [0.29, 0.717) is 17.1 Å². The van der Waals surface area contributed by atoms with Crippen LogP contribution in [-0.2, 0) is 16.6 Å². The second-order valence-electron chi connectivity index (χ2n) is 5.99. The molecule has 0 saturated carbocycles. The van der Waals surface area contributed by atoms with E-state index in [1.165, 1.54) is 16.4 Å². The van der Waals surface area contributed by atoms with Crippen molar-refractivity contribution in [2.75, 3.05) is 13.1 Å². The summed E-state index contributed by atoms with van der Waals surface area (Å²) in [6.07, 6.45) is 2.41. The summed E-state index contributed by atoms with van der Waals surface area (Å²) < 4.78 is 27.1. The van der Waals surface area contributed by atoms with Gasteiger partial charge in [-0.1, -0.05) is 36.7 Å². The van der Waals surface area contributed by atoms with Crippen molar-refractivity contribution in [2.45, 2.75) is 24.8 Å². The molecule has 0 aromatic heterocycles. The summed E-state index contributed by atoms with van der Waals surface area (Å²) in [6, 6.07) is 13.0. The molecule has 1 amide bonds.